The smallest absolute Gasteiger partial charge is 0.227 e. The number of ether oxygens (including phenoxy) is 2. The van der Waals surface area contributed by atoms with Gasteiger partial charge in [-0.25, -0.2) is 0 Å². The van der Waals surface area contributed by atoms with E-state index in [1.165, 1.54) is 0 Å². The summed E-state index contributed by atoms with van der Waals surface area (Å²) in [7, 11) is 0. The Morgan fingerprint density at radius 1 is 1.03 bits per heavy atom. The first-order valence-electron chi connectivity index (χ1n) is 10.7. The molecule has 1 aliphatic rings. The van der Waals surface area contributed by atoms with Crippen molar-refractivity contribution in [2.24, 2.45) is 0 Å². The van der Waals surface area contributed by atoms with Gasteiger partial charge in [-0.3, -0.25) is 9.59 Å². The Morgan fingerprint density at radius 2 is 1.84 bits per heavy atom. The summed E-state index contributed by atoms with van der Waals surface area (Å²) in [5.41, 5.74) is 3.01. The van der Waals surface area contributed by atoms with Crippen molar-refractivity contribution in [3.05, 3.63) is 59.7 Å². The van der Waals surface area contributed by atoms with Crippen LogP contribution in [0.3, 0.4) is 0 Å². The van der Waals surface area contributed by atoms with Crippen LogP contribution < -0.4 is 10.2 Å². The Labute approximate surface area is 188 Å². The number of amides is 2. The monoisotopic (exact) mass is 442 g/mol. The van der Waals surface area contributed by atoms with Crippen LogP contribution in [0.15, 0.2) is 53.4 Å². The van der Waals surface area contributed by atoms with E-state index in [0.717, 1.165) is 27.5 Å². The number of hydrogen-bond acceptors (Lipinski definition) is 5. The van der Waals surface area contributed by atoms with Gasteiger partial charge in [0.2, 0.25) is 11.8 Å². The molecule has 2 amide bonds. The molecule has 7 heteroatoms. The van der Waals surface area contributed by atoms with Gasteiger partial charge in [-0.05, 0) is 30.2 Å². The zero-order valence-electron chi connectivity index (χ0n) is 18.0. The van der Waals surface area contributed by atoms with Gasteiger partial charge in [0.05, 0.1) is 25.5 Å². The number of anilines is 1. The number of rotatable bonds is 11. The van der Waals surface area contributed by atoms with Crippen molar-refractivity contribution in [1.82, 2.24) is 5.32 Å². The third-order valence-corrected chi connectivity index (χ3v) is 5.96. The van der Waals surface area contributed by atoms with E-state index in [9.17, 15) is 9.59 Å². The zero-order chi connectivity index (χ0) is 21.9. The maximum absolute atomic E-state index is 12.7. The molecule has 0 aromatic heterocycles. The third-order valence-electron chi connectivity index (χ3n) is 4.92. The minimum atomic E-state index is -0.119. The summed E-state index contributed by atoms with van der Waals surface area (Å²) in [6.07, 6.45) is 0.392. The SMILES string of the molecule is CCOCCOCc1cccc(CNC(=O)CCC(=O)N2CCSc3ccccc32)c1. The molecule has 0 unspecified atom stereocenters. The summed E-state index contributed by atoms with van der Waals surface area (Å²) in [6.45, 7) is 5.42. The maximum atomic E-state index is 12.7. The van der Waals surface area contributed by atoms with Crippen molar-refractivity contribution in [2.45, 2.75) is 37.8 Å². The van der Waals surface area contributed by atoms with Gasteiger partial charge < -0.3 is 19.7 Å². The van der Waals surface area contributed by atoms with Gasteiger partial charge in [0.15, 0.2) is 0 Å². The number of hydrogen-bond donors (Lipinski definition) is 1. The Hall–Kier alpha value is -2.35. The number of benzene rings is 2. The molecule has 31 heavy (non-hydrogen) atoms. The lowest BCUT2D eigenvalue weighted by atomic mass is 10.1. The van der Waals surface area contributed by atoms with Crippen LogP contribution in [0.25, 0.3) is 0 Å². The standard InChI is InChI=1S/C24H30N2O4S/c1-2-29-13-14-30-18-20-7-5-6-19(16-20)17-25-23(27)10-11-24(28)26-12-15-31-22-9-4-3-8-21(22)26/h3-9,16H,2,10-15,17-18H2,1H3,(H,25,27). The molecular weight excluding hydrogens is 412 g/mol. The molecule has 1 heterocycles. The fourth-order valence-corrected chi connectivity index (χ4v) is 4.35. The molecule has 0 saturated carbocycles. The number of carbonyl (C=O) groups excluding carboxylic acids is 2. The summed E-state index contributed by atoms with van der Waals surface area (Å²) >= 11 is 1.76. The maximum Gasteiger partial charge on any atom is 0.227 e. The second-order valence-corrected chi connectivity index (χ2v) is 8.34. The van der Waals surface area contributed by atoms with E-state index in [2.05, 4.69) is 5.32 Å². The van der Waals surface area contributed by atoms with Crippen LogP contribution in [0.5, 0.6) is 0 Å². The number of nitrogens with one attached hydrogen (secondary N) is 1. The van der Waals surface area contributed by atoms with Crippen molar-refractivity contribution < 1.29 is 19.1 Å². The molecule has 0 atom stereocenters. The number of para-hydroxylation sites is 1. The molecular formula is C24H30N2O4S. The Morgan fingerprint density at radius 3 is 2.71 bits per heavy atom. The predicted molar refractivity (Wildman–Crippen MR) is 123 cm³/mol. The van der Waals surface area contributed by atoms with Crippen molar-refractivity contribution in [3.8, 4) is 0 Å². The molecule has 0 fully saturated rings. The molecule has 1 aliphatic heterocycles. The molecule has 6 nitrogen and oxygen atoms in total. The molecule has 1 N–H and O–H groups in total. The number of thioether (sulfide) groups is 1. The highest BCUT2D eigenvalue weighted by Gasteiger charge is 2.22. The van der Waals surface area contributed by atoms with E-state index in [4.69, 9.17) is 9.47 Å². The van der Waals surface area contributed by atoms with Crippen LogP contribution in [-0.4, -0.2) is 43.9 Å². The largest absolute Gasteiger partial charge is 0.379 e. The first-order chi connectivity index (χ1) is 15.2. The van der Waals surface area contributed by atoms with Gasteiger partial charge in [-0.2, -0.15) is 0 Å². The van der Waals surface area contributed by atoms with Crippen LogP contribution in [0, 0.1) is 0 Å². The van der Waals surface area contributed by atoms with Crippen molar-refractivity contribution in [1.29, 1.82) is 0 Å². The van der Waals surface area contributed by atoms with Crippen molar-refractivity contribution >= 4 is 29.3 Å². The zero-order valence-corrected chi connectivity index (χ0v) is 18.8. The summed E-state index contributed by atoms with van der Waals surface area (Å²) in [5.74, 6) is 0.751. The lowest BCUT2D eigenvalue weighted by molar-refractivity contribution is -0.125. The van der Waals surface area contributed by atoms with Crippen LogP contribution in [0.2, 0.25) is 0 Å². The summed E-state index contributed by atoms with van der Waals surface area (Å²) in [5, 5.41) is 2.91. The van der Waals surface area contributed by atoms with Crippen LogP contribution in [0.4, 0.5) is 5.69 Å². The topological polar surface area (TPSA) is 67.9 Å². The van der Waals surface area contributed by atoms with Gasteiger partial charge in [-0.1, -0.05) is 36.4 Å². The fourth-order valence-electron chi connectivity index (χ4n) is 3.35. The lowest BCUT2D eigenvalue weighted by Crippen LogP contribution is -2.36. The second kappa shape index (κ2) is 12.5. The van der Waals surface area contributed by atoms with E-state index in [1.807, 2.05) is 55.5 Å². The molecule has 0 bridgehead atoms. The van der Waals surface area contributed by atoms with Gasteiger partial charge in [0.25, 0.3) is 0 Å². The number of nitrogens with zero attached hydrogens (tertiary/aromatic N) is 1. The van der Waals surface area contributed by atoms with Gasteiger partial charge in [0.1, 0.15) is 0 Å². The molecule has 166 valence electrons. The van der Waals surface area contributed by atoms with Gasteiger partial charge in [0, 0.05) is 43.2 Å². The minimum Gasteiger partial charge on any atom is -0.379 e. The number of fused-ring (bicyclic) bond motifs is 1. The van der Waals surface area contributed by atoms with E-state index in [-0.39, 0.29) is 24.7 Å². The van der Waals surface area contributed by atoms with E-state index in [0.29, 0.717) is 39.5 Å². The summed E-state index contributed by atoms with van der Waals surface area (Å²) in [6, 6.07) is 15.9. The lowest BCUT2D eigenvalue weighted by Gasteiger charge is -2.29. The molecule has 0 saturated heterocycles. The molecule has 2 aromatic carbocycles. The molecule has 2 aromatic rings. The highest BCUT2D eigenvalue weighted by Crippen LogP contribution is 2.34. The van der Waals surface area contributed by atoms with Crippen LogP contribution >= 0.6 is 11.8 Å². The molecule has 0 radical (unpaired) electrons. The normalized spacial score (nSPS) is 13.0. The quantitative estimate of drug-likeness (QED) is 0.537. The average Bonchev–Trinajstić information content (AvgIpc) is 2.81. The first-order valence-corrected chi connectivity index (χ1v) is 11.7. The van der Waals surface area contributed by atoms with Crippen LogP contribution in [0.1, 0.15) is 30.9 Å². The molecule has 3 rings (SSSR count). The van der Waals surface area contributed by atoms with E-state index < -0.39 is 0 Å². The number of carbonyl (C=O) groups is 2. The minimum absolute atomic E-state index is 0.00546. The molecule has 0 aliphatic carbocycles. The summed E-state index contributed by atoms with van der Waals surface area (Å²) < 4.78 is 10.8. The fraction of sp³-hybridized carbons (Fsp3) is 0.417. The Kier molecular flexibility index (Phi) is 9.39. The van der Waals surface area contributed by atoms with Gasteiger partial charge in [-0.15, -0.1) is 11.8 Å². The Balaban J connectivity index is 1.41. The highest BCUT2D eigenvalue weighted by molar-refractivity contribution is 7.99. The summed E-state index contributed by atoms with van der Waals surface area (Å²) in [4.78, 5) is 27.9. The van der Waals surface area contributed by atoms with E-state index in [1.54, 1.807) is 16.7 Å². The predicted octanol–water partition coefficient (Wildman–Crippen LogP) is 3.78. The molecule has 0 spiro atoms. The average molecular weight is 443 g/mol. The van der Waals surface area contributed by atoms with Crippen LogP contribution in [-0.2, 0) is 32.2 Å². The second-order valence-electron chi connectivity index (χ2n) is 7.21. The Bertz CT molecular complexity index is 874. The third kappa shape index (κ3) is 7.38. The first kappa shape index (κ1) is 23.3. The van der Waals surface area contributed by atoms with E-state index >= 15 is 0 Å². The van der Waals surface area contributed by atoms with Gasteiger partial charge >= 0.3 is 0 Å². The van der Waals surface area contributed by atoms with Crippen molar-refractivity contribution in [3.63, 3.8) is 0 Å². The highest BCUT2D eigenvalue weighted by atomic mass is 32.2. The van der Waals surface area contributed by atoms with Crippen molar-refractivity contribution in [2.75, 3.05) is 37.0 Å².